The van der Waals surface area contributed by atoms with Crippen LogP contribution >= 0.6 is 35.4 Å². The third-order valence-electron chi connectivity index (χ3n) is 2.13. The Bertz CT molecular complexity index is 557. The summed E-state index contributed by atoms with van der Waals surface area (Å²) in [6.45, 7) is 1.95. The van der Waals surface area contributed by atoms with Gasteiger partial charge in [-0.25, -0.2) is 0 Å². The molecule has 2 aromatic rings. The van der Waals surface area contributed by atoms with Crippen LogP contribution in [0.15, 0.2) is 24.4 Å². The van der Waals surface area contributed by atoms with Crippen LogP contribution in [0.2, 0.25) is 10.0 Å². The van der Waals surface area contributed by atoms with Crippen molar-refractivity contribution in [3.8, 4) is 5.69 Å². The lowest BCUT2D eigenvalue weighted by Crippen LogP contribution is -1.97. The van der Waals surface area contributed by atoms with Gasteiger partial charge in [0.2, 0.25) is 0 Å². The molecule has 1 heterocycles. The first kappa shape index (κ1) is 10.7. The minimum atomic E-state index is 0.512. The Balaban J connectivity index is 2.75. The van der Waals surface area contributed by atoms with Crippen LogP contribution in [-0.2, 0) is 0 Å². The monoisotopic (exact) mass is 258 g/mol. The summed E-state index contributed by atoms with van der Waals surface area (Å²) in [6, 6.07) is 5.47. The molecule has 1 aromatic carbocycles. The lowest BCUT2D eigenvalue weighted by molar-refractivity contribution is 0.985. The summed E-state index contributed by atoms with van der Waals surface area (Å²) < 4.78 is 2.46. The van der Waals surface area contributed by atoms with Crippen molar-refractivity contribution in [2.75, 3.05) is 0 Å². The lowest BCUT2D eigenvalue weighted by atomic mass is 10.3. The second-order valence-electron chi connectivity index (χ2n) is 3.14. The summed E-state index contributed by atoms with van der Waals surface area (Å²) in [5, 5.41) is 1.04. The average Bonchev–Trinajstić information content (AvgIpc) is 2.52. The highest BCUT2D eigenvalue weighted by molar-refractivity contribution is 7.71. The third-order valence-corrected chi connectivity index (χ3v) is 3.24. The number of hydrogen-bond donors (Lipinski definition) is 1. The summed E-state index contributed by atoms with van der Waals surface area (Å²) in [5.74, 6) is 0. The van der Waals surface area contributed by atoms with Gasteiger partial charge in [0.25, 0.3) is 0 Å². The molecule has 0 aliphatic heterocycles. The highest BCUT2D eigenvalue weighted by atomic mass is 35.5. The second-order valence-corrected chi connectivity index (χ2v) is 4.32. The van der Waals surface area contributed by atoms with Crippen molar-refractivity contribution in [1.29, 1.82) is 0 Å². The van der Waals surface area contributed by atoms with E-state index in [0.29, 0.717) is 14.8 Å². The molecule has 5 heteroatoms. The van der Waals surface area contributed by atoms with Crippen LogP contribution in [0.5, 0.6) is 0 Å². The lowest BCUT2D eigenvalue weighted by Gasteiger charge is -2.08. The number of hydrogen-bond acceptors (Lipinski definition) is 1. The minimum absolute atomic E-state index is 0.512. The predicted molar refractivity (Wildman–Crippen MR) is 65.7 cm³/mol. The maximum Gasteiger partial charge on any atom is 0.182 e. The highest BCUT2D eigenvalue weighted by Crippen LogP contribution is 2.29. The number of benzene rings is 1. The second kappa shape index (κ2) is 4.00. The molecule has 0 bridgehead atoms. The molecule has 0 aliphatic carbocycles. The van der Waals surface area contributed by atoms with Gasteiger partial charge in [0.1, 0.15) is 0 Å². The molecule has 78 valence electrons. The molecule has 0 radical (unpaired) electrons. The first-order chi connectivity index (χ1) is 7.11. The van der Waals surface area contributed by atoms with E-state index in [2.05, 4.69) is 4.98 Å². The molecule has 1 aromatic heterocycles. The van der Waals surface area contributed by atoms with Gasteiger partial charge in [-0.1, -0.05) is 29.3 Å². The number of aromatic nitrogens is 2. The van der Waals surface area contributed by atoms with E-state index < -0.39 is 0 Å². The Labute approximate surface area is 102 Å². The summed E-state index contributed by atoms with van der Waals surface area (Å²) in [5.41, 5.74) is 1.79. The Morgan fingerprint density at radius 2 is 2.07 bits per heavy atom. The van der Waals surface area contributed by atoms with Crippen LogP contribution in [0.1, 0.15) is 5.69 Å². The van der Waals surface area contributed by atoms with E-state index in [1.807, 2.05) is 29.8 Å². The molecule has 2 nitrogen and oxygen atoms in total. The van der Waals surface area contributed by atoms with Crippen LogP contribution < -0.4 is 0 Å². The summed E-state index contributed by atoms with van der Waals surface area (Å²) in [6.07, 6.45) is 1.83. The van der Waals surface area contributed by atoms with E-state index in [9.17, 15) is 0 Å². The zero-order chi connectivity index (χ0) is 11.0. The van der Waals surface area contributed by atoms with Crippen LogP contribution in [0.4, 0.5) is 0 Å². The van der Waals surface area contributed by atoms with Crippen LogP contribution in [0, 0.1) is 11.7 Å². The van der Waals surface area contributed by atoms with Gasteiger partial charge < -0.3 is 4.98 Å². The third kappa shape index (κ3) is 1.83. The maximum atomic E-state index is 6.12. The van der Waals surface area contributed by atoms with Crippen LogP contribution in [0.25, 0.3) is 5.69 Å². The van der Waals surface area contributed by atoms with Gasteiger partial charge in [-0.2, -0.15) is 0 Å². The predicted octanol–water partition coefficient (Wildman–Crippen LogP) is 4.15. The smallest absolute Gasteiger partial charge is 0.182 e. The van der Waals surface area contributed by atoms with Crippen molar-refractivity contribution in [1.82, 2.24) is 9.55 Å². The number of imidazole rings is 1. The molecule has 0 spiro atoms. The zero-order valence-electron chi connectivity index (χ0n) is 7.92. The standard InChI is InChI=1S/C10H8Cl2N2S/c1-6-5-13-10(15)14(6)8-4-2-3-7(11)9(8)12/h2-5H,1H3,(H,13,15). The maximum absolute atomic E-state index is 6.12. The van der Waals surface area contributed by atoms with Gasteiger partial charge in [0, 0.05) is 11.9 Å². The van der Waals surface area contributed by atoms with Crippen molar-refractivity contribution in [3.05, 3.63) is 44.9 Å². The van der Waals surface area contributed by atoms with Crippen molar-refractivity contribution in [2.24, 2.45) is 0 Å². The average molecular weight is 259 g/mol. The van der Waals surface area contributed by atoms with Gasteiger partial charge in [-0.05, 0) is 31.3 Å². The number of rotatable bonds is 1. The van der Waals surface area contributed by atoms with Gasteiger partial charge in [0.15, 0.2) is 4.77 Å². The van der Waals surface area contributed by atoms with Crippen molar-refractivity contribution >= 4 is 35.4 Å². The number of H-pyrrole nitrogens is 1. The molecular formula is C10H8Cl2N2S. The molecule has 0 amide bonds. The summed E-state index contributed by atoms with van der Waals surface area (Å²) in [4.78, 5) is 2.96. The fourth-order valence-corrected chi connectivity index (χ4v) is 2.10. The van der Waals surface area contributed by atoms with E-state index >= 15 is 0 Å². The molecule has 0 saturated carbocycles. The molecule has 0 aliphatic rings. The molecule has 15 heavy (non-hydrogen) atoms. The summed E-state index contributed by atoms with van der Waals surface area (Å²) >= 11 is 17.2. The first-order valence-corrected chi connectivity index (χ1v) is 5.49. The Morgan fingerprint density at radius 1 is 1.33 bits per heavy atom. The normalized spacial score (nSPS) is 10.6. The van der Waals surface area contributed by atoms with Crippen LogP contribution in [-0.4, -0.2) is 9.55 Å². The SMILES string of the molecule is Cc1c[nH]c(=S)n1-c1cccc(Cl)c1Cl. The largest absolute Gasteiger partial charge is 0.337 e. The Hall–Kier alpha value is -0.770. The van der Waals surface area contributed by atoms with Gasteiger partial charge in [-0.15, -0.1) is 0 Å². The highest BCUT2D eigenvalue weighted by Gasteiger charge is 2.08. The molecule has 0 atom stereocenters. The van der Waals surface area contributed by atoms with E-state index in [1.54, 1.807) is 6.07 Å². The van der Waals surface area contributed by atoms with Crippen molar-refractivity contribution < 1.29 is 0 Å². The molecule has 0 fully saturated rings. The molecular weight excluding hydrogens is 251 g/mol. The Morgan fingerprint density at radius 3 is 2.67 bits per heavy atom. The fourth-order valence-electron chi connectivity index (χ4n) is 1.42. The number of aryl methyl sites for hydroxylation is 1. The van der Waals surface area contributed by atoms with E-state index in [1.165, 1.54) is 0 Å². The zero-order valence-corrected chi connectivity index (χ0v) is 10.2. The number of nitrogens with zero attached hydrogens (tertiary/aromatic N) is 1. The molecule has 2 rings (SSSR count). The van der Waals surface area contributed by atoms with Gasteiger partial charge in [0.05, 0.1) is 15.7 Å². The first-order valence-electron chi connectivity index (χ1n) is 4.32. The number of halogens is 2. The summed E-state index contributed by atoms with van der Waals surface area (Å²) in [7, 11) is 0. The quantitative estimate of drug-likeness (QED) is 0.763. The molecule has 0 saturated heterocycles. The minimum Gasteiger partial charge on any atom is -0.337 e. The number of aromatic amines is 1. The van der Waals surface area contributed by atoms with Gasteiger partial charge in [-0.3, -0.25) is 4.57 Å². The van der Waals surface area contributed by atoms with Gasteiger partial charge >= 0.3 is 0 Å². The van der Waals surface area contributed by atoms with Crippen molar-refractivity contribution in [3.63, 3.8) is 0 Å². The molecule has 0 unspecified atom stereocenters. The Kier molecular flexibility index (Phi) is 2.87. The topological polar surface area (TPSA) is 20.7 Å². The fraction of sp³-hybridized carbons (Fsp3) is 0.100. The molecule has 1 N–H and O–H groups in total. The van der Waals surface area contributed by atoms with E-state index in [0.717, 1.165) is 11.4 Å². The van der Waals surface area contributed by atoms with Crippen molar-refractivity contribution in [2.45, 2.75) is 6.92 Å². The van der Waals surface area contributed by atoms with Crippen LogP contribution in [0.3, 0.4) is 0 Å². The van der Waals surface area contributed by atoms with E-state index in [4.69, 9.17) is 35.4 Å². The number of nitrogens with one attached hydrogen (secondary N) is 1. The van der Waals surface area contributed by atoms with E-state index in [-0.39, 0.29) is 0 Å².